The second-order valence-electron chi connectivity index (χ2n) is 9.49. The molecule has 0 N–H and O–H groups in total. The molecule has 6 nitrogen and oxygen atoms in total. The topological polar surface area (TPSA) is 64.4 Å². The second kappa shape index (κ2) is 9.52. The lowest BCUT2D eigenvalue weighted by atomic mass is 9.80. The van der Waals surface area contributed by atoms with Crippen LogP contribution in [0.25, 0.3) is 0 Å². The third kappa shape index (κ3) is 4.57. The number of aryl methyl sites for hydroxylation is 1. The van der Waals surface area contributed by atoms with Crippen LogP contribution in [0.4, 0.5) is 0 Å². The number of carbonyl (C=O) groups excluding carboxylic acids is 2. The summed E-state index contributed by atoms with van der Waals surface area (Å²) in [6.07, 6.45) is 11.5. The Labute approximate surface area is 180 Å². The molecular weight excluding hydrogens is 378 g/mol. The molecule has 166 valence electrons. The Bertz CT molecular complexity index is 758. The van der Waals surface area contributed by atoms with Gasteiger partial charge in [0.15, 0.2) is 0 Å². The van der Waals surface area contributed by atoms with E-state index in [1.54, 1.807) is 0 Å². The lowest BCUT2D eigenvalue weighted by Crippen LogP contribution is -2.38. The van der Waals surface area contributed by atoms with Crippen LogP contribution >= 0.6 is 0 Å². The lowest BCUT2D eigenvalue weighted by molar-refractivity contribution is -0.149. The minimum Gasteiger partial charge on any atom is -0.466 e. The summed E-state index contributed by atoms with van der Waals surface area (Å²) in [7, 11) is 0. The Hall–Kier alpha value is -1.85. The number of ether oxygens (including phenoxy) is 1. The molecule has 0 radical (unpaired) electrons. The minimum atomic E-state index is -0.0582. The first kappa shape index (κ1) is 21.4. The van der Waals surface area contributed by atoms with Gasteiger partial charge in [-0.2, -0.15) is 5.10 Å². The molecule has 0 atom stereocenters. The van der Waals surface area contributed by atoms with Gasteiger partial charge in [-0.3, -0.25) is 14.3 Å². The molecule has 1 aromatic rings. The van der Waals surface area contributed by atoms with Crippen molar-refractivity contribution in [2.24, 2.45) is 11.8 Å². The lowest BCUT2D eigenvalue weighted by Gasteiger charge is -2.33. The van der Waals surface area contributed by atoms with Crippen LogP contribution < -0.4 is 0 Å². The molecular formula is C24H37N3O3. The first-order chi connectivity index (χ1) is 14.6. The maximum Gasteiger partial charge on any atom is 0.308 e. The Kier molecular flexibility index (Phi) is 6.79. The maximum atomic E-state index is 13.1. The van der Waals surface area contributed by atoms with Crippen molar-refractivity contribution >= 4 is 11.9 Å². The summed E-state index contributed by atoms with van der Waals surface area (Å²) in [5.41, 5.74) is 3.81. The SMILES string of the molecule is CCOC(=O)C1CCC(CC(=O)N2CCc3c(C)nn(C4CCCCC4)c3C2)CC1. The summed E-state index contributed by atoms with van der Waals surface area (Å²) in [6.45, 7) is 5.95. The first-order valence-corrected chi connectivity index (χ1v) is 12.1. The van der Waals surface area contributed by atoms with Crippen LogP contribution in [0.3, 0.4) is 0 Å². The fraction of sp³-hybridized carbons (Fsp3) is 0.792. The highest BCUT2D eigenvalue weighted by atomic mass is 16.5. The highest BCUT2D eigenvalue weighted by molar-refractivity contribution is 5.77. The predicted molar refractivity (Wildman–Crippen MR) is 115 cm³/mol. The monoisotopic (exact) mass is 415 g/mol. The average Bonchev–Trinajstić information content (AvgIpc) is 3.11. The number of esters is 1. The van der Waals surface area contributed by atoms with Crippen LogP contribution in [0.15, 0.2) is 0 Å². The molecule has 1 amide bonds. The molecule has 3 aliphatic rings. The molecule has 2 fully saturated rings. The van der Waals surface area contributed by atoms with E-state index in [2.05, 4.69) is 16.5 Å². The zero-order chi connectivity index (χ0) is 21.1. The van der Waals surface area contributed by atoms with Crippen LogP contribution in [-0.4, -0.2) is 39.7 Å². The van der Waals surface area contributed by atoms with Gasteiger partial charge >= 0.3 is 5.97 Å². The second-order valence-corrected chi connectivity index (χ2v) is 9.49. The Morgan fingerprint density at radius 3 is 2.50 bits per heavy atom. The molecule has 30 heavy (non-hydrogen) atoms. The number of amides is 1. The molecule has 0 spiro atoms. The van der Waals surface area contributed by atoms with Gasteiger partial charge in [0, 0.05) is 13.0 Å². The fourth-order valence-electron chi connectivity index (χ4n) is 5.71. The summed E-state index contributed by atoms with van der Waals surface area (Å²) < 4.78 is 7.44. The molecule has 2 heterocycles. The van der Waals surface area contributed by atoms with E-state index in [4.69, 9.17) is 9.84 Å². The van der Waals surface area contributed by atoms with Crippen molar-refractivity contribution in [3.8, 4) is 0 Å². The van der Waals surface area contributed by atoms with Gasteiger partial charge in [0.1, 0.15) is 0 Å². The Morgan fingerprint density at radius 2 is 1.80 bits per heavy atom. The smallest absolute Gasteiger partial charge is 0.308 e. The van der Waals surface area contributed by atoms with E-state index in [1.165, 1.54) is 43.4 Å². The Morgan fingerprint density at radius 1 is 1.07 bits per heavy atom. The van der Waals surface area contributed by atoms with Gasteiger partial charge in [-0.25, -0.2) is 0 Å². The number of fused-ring (bicyclic) bond motifs is 1. The molecule has 2 aliphatic carbocycles. The third-order valence-corrected chi connectivity index (χ3v) is 7.49. The van der Waals surface area contributed by atoms with E-state index < -0.39 is 0 Å². The normalized spacial score (nSPS) is 25.1. The molecule has 0 aromatic carbocycles. The zero-order valence-corrected chi connectivity index (χ0v) is 18.7. The van der Waals surface area contributed by atoms with Gasteiger partial charge in [0.05, 0.1) is 36.5 Å². The summed E-state index contributed by atoms with van der Waals surface area (Å²) >= 11 is 0. The zero-order valence-electron chi connectivity index (χ0n) is 18.7. The molecule has 1 aromatic heterocycles. The summed E-state index contributed by atoms with van der Waals surface area (Å²) in [4.78, 5) is 27.1. The van der Waals surface area contributed by atoms with Crippen molar-refractivity contribution in [1.82, 2.24) is 14.7 Å². The van der Waals surface area contributed by atoms with Crippen LogP contribution in [0.1, 0.15) is 94.1 Å². The summed E-state index contributed by atoms with van der Waals surface area (Å²) in [5, 5.41) is 4.90. The number of hydrogen-bond donors (Lipinski definition) is 0. The van der Waals surface area contributed by atoms with Gasteiger partial charge in [-0.1, -0.05) is 19.3 Å². The summed E-state index contributed by atoms with van der Waals surface area (Å²) in [6, 6.07) is 0.509. The maximum absolute atomic E-state index is 13.1. The van der Waals surface area contributed by atoms with Crippen LogP contribution in [-0.2, 0) is 27.3 Å². The van der Waals surface area contributed by atoms with Crippen LogP contribution in [0.5, 0.6) is 0 Å². The van der Waals surface area contributed by atoms with Crippen LogP contribution in [0.2, 0.25) is 0 Å². The molecule has 0 saturated heterocycles. The Balaban J connectivity index is 1.34. The van der Waals surface area contributed by atoms with E-state index in [1.807, 2.05) is 6.92 Å². The average molecular weight is 416 g/mol. The van der Waals surface area contributed by atoms with E-state index >= 15 is 0 Å². The van der Waals surface area contributed by atoms with Crippen molar-refractivity contribution < 1.29 is 14.3 Å². The van der Waals surface area contributed by atoms with Crippen molar-refractivity contribution in [1.29, 1.82) is 0 Å². The highest BCUT2D eigenvalue weighted by Gasteiger charge is 2.32. The third-order valence-electron chi connectivity index (χ3n) is 7.49. The number of carbonyl (C=O) groups is 2. The van der Waals surface area contributed by atoms with Crippen molar-refractivity contribution in [2.45, 2.75) is 97.1 Å². The predicted octanol–water partition coefficient (Wildman–Crippen LogP) is 4.34. The van der Waals surface area contributed by atoms with Crippen molar-refractivity contribution in [2.75, 3.05) is 13.2 Å². The molecule has 1 aliphatic heterocycles. The number of nitrogens with zero attached hydrogens (tertiary/aromatic N) is 3. The minimum absolute atomic E-state index is 0.0293. The van der Waals surface area contributed by atoms with E-state index in [-0.39, 0.29) is 17.8 Å². The molecule has 2 saturated carbocycles. The van der Waals surface area contributed by atoms with Gasteiger partial charge in [-0.15, -0.1) is 0 Å². The fourth-order valence-corrected chi connectivity index (χ4v) is 5.71. The van der Waals surface area contributed by atoms with Crippen molar-refractivity contribution in [3.05, 3.63) is 17.0 Å². The molecule has 4 rings (SSSR count). The van der Waals surface area contributed by atoms with Gasteiger partial charge < -0.3 is 9.64 Å². The quantitative estimate of drug-likeness (QED) is 0.671. The summed E-state index contributed by atoms with van der Waals surface area (Å²) in [5.74, 6) is 0.641. The number of hydrogen-bond acceptors (Lipinski definition) is 4. The van der Waals surface area contributed by atoms with Gasteiger partial charge in [-0.05, 0) is 70.3 Å². The molecule has 6 heteroatoms. The largest absolute Gasteiger partial charge is 0.466 e. The van der Waals surface area contributed by atoms with E-state index in [9.17, 15) is 9.59 Å². The van der Waals surface area contributed by atoms with Gasteiger partial charge in [0.2, 0.25) is 5.91 Å². The van der Waals surface area contributed by atoms with Crippen LogP contribution in [0, 0.1) is 18.8 Å². The van der Waals surface area contributed by atoms with Gasteiger partial charge in [0.25, 0.3) is 0 Å². The van der Waals surface area contributed by atoms with E-state index in [0.717, 1.165) is 44.3 Å². The highest BCUT2D eigenvalue weighted by Crippen LogP contribution is 2.34. The molecule has 0 unspecified atom stereocenters. The van der Waals surface area contributed by atoms with Crippen molar-refractivity contribution in [3.63, 3.8) is 0 Å². The number of aromatic nitrogens is 2. The molecule has 0 bridgehead atoms. The number of rotatable bonds is 5. The first-order valence-electron chi connectivity index (χ1n) is 12.1. The standard InChI is InChI=1S/C24H37N3O3/c1-3-30-24(29)19-11-9-18(10-12-19)15-23(28)26-14-13-21-17(2)25-27(22(21)16-26)20-7-5-4-6-8-20/h18-20H,3-16H2,1-2H3. The van der Waals surface area contributed by atoms with E-state index in [0.29, 0.717) is 31.5 Å².